The molecule has 7 nitrogen and oxygen atoms in total. The van der Waals surface area contributed by atoms with E-state index in [9.17, 15) is 0 Å². The molecular formula is C28H36N4O3S. The van der Waals surface area contributed by atoms with Gasteiger partial charge in [-0.2, -0.15) is 0 Å². The summed E-state index contributed by atoms with van der Waals surface area (Å²) in [6.07, 6.45) is 0.970. The lowest BCUT2D eigenvalue weighted by Crippen LogP contribution is -2.37. The molecule has 2 fully saturated rings. The van der Waals surface area contributed by atoms with E-state index in [1.54, 1.807) is 18.4 Å². The van der Waals surface area contributed by atoms with Crippen LogP contribution in [0.25, 0.3) is 0 Å². The van der Waals surface area contributed by atoms with E-state index >= 15 is 0 Å². The first-order valence-corrected chi connectivity index (χ1v) is 13.7. The lowest BCUT2D eigenvalue weighted by atomic mass is 10.1. The van der Waals surface area contributed by atoms with E-state index in [-0.39, 0.29) is 0 Å². The SMILES string of the molecule is COc1cccc(CN(Cc2ccc(N3CCOCC3)cc2)c2nc(CCN3CCOCC3)cs2)c1. The number of anilines is 2. The monoisotopic (exact) mass is 508 g/mol. The summed E-state index contributed by atoms with van der Waals surface area (Å²) in [5, 5.41) is 3.28. The van der Waals surface area contributed by atoms with Crippen molar-refractivity contribution in [1.29, 1.82) is 0 Å². The molecule has 0 atom stereocenters. The summed E-state index contributed by atoms with van der Waals surface area (Å²) < 4.78 is 16.4. The van der Waals surface area contributed by atoms with Crippen molar-refractivity contribution >= 4 is 22.2 Å². The zero-order chi connectivity index (χ0) is 24.6. The molecule has 3 heterocycles. The minimum atomic E-state index is 0.777. The van der Waals surface area contributed by atoms with Crippen LogP contribution in [0.3, 0.4) is 0 Å². The highest BCUT2D eigenvalue weighted by molar-refractivity contribution is 7.13. The number of hydrogen-bond acceptors (Lipinski definition) is 8. The molecule has 0 radical (unpaired) electrons. The lowest BCUT2D eigenvalue weighted by molar-refractivity contribution is 0.0383. The predicted molar refractivity (Wildman–Crippen MR) is 145 cm³/mol. The van der Waals surface area contributed by atoms with Crippen molar-refractivity contribution in [1.82, 2.24) is 9.88 Å². The molecule has 2 aromatic carbocycles. The number of aromatic nitrogens is 1. The number of rotatable bonds is 10. The number of morpholine rings is 2. The van der Waals surface area contributed by atoms with Crippen LogP contribution in [0.4, 0.5) is 10.8 Å². The number of hydrogen-bond donors (Lipinski definition) is 0. The van der Waals surface area contributed by atoms with Crippen molar-refractivity contribution in [2.45, 2.75) is 19.5 Å². The zero-order valence-corrected chi connectivity index (χ0v) is 21.9. The maximum atomic E-state index is 5.50. The van der Waals surface area contributed by atoms with Crippen LogP contribution >= 0.6 is 11.3 Å². The summed E-state index contributed by atoms with van der Waals surface area (Å²) in [4.78, 5) is 12.3. The Morgan fingerprint density at radius 1 is 0.917 bits per heavy atom. The molecule has 0 unspecified atom stereocenters. The fraction of sp³-hybridized carbons (Fsp3) is 0.464. The summed E-state index contributed by atoms with van der Waals surface area (Å²) >= 11 is 1.74. The number of nitrogens with zero attached hydrogens (tertiary/aromatic N) is 4. The molecule has 192 valence electrons. The highest BCUT2D eigenvalue weighted by atomic mass is 32.1. The van der Waals surface area contributed by atoms with Gasteiger partial charge in [-0.25, -0.2) is 4.98 Å². The molecule has 0 amide bonds. The highest BCUT2D eigenvalue weighted by Crippen LogP contribution is 2.27. The van der Waals surface area contributed by atoms with Gasteiger partial charge in [0.25, 0.3) is 0 Å². The van der Waals surface area contributed by atoms with Gasteiger partial charge in [0.1, 0.15) is 5.75 Å². The Morgan fingerprint density at radius 2 is 1.64 bits per heavy atom. The van der Waals surface area contributed by atoms with Gasteiger partial charge in [-0.3, -0.25) is 4.90 Å². The Bertz CT molecular complexity index is 1080. The molecule has 8 heteroatoms. The van der Waals surface area contributed by atoms with Crippen molar-refractivity contribution < 1.29 is 14.2 Å². The van der Waals surface area contributed by atoms with E-state index < -0.39 is 0 Å². The second-order valence-corrected chi connectivity index (χ2v) is 10.1. The highest BCUT2D eigenvalue weighted by Gasteiger charge is 2.16. The van der Waals surface area contributed by atoms with Gasteiger partial charge >= 0.3 is 0 Å². The normalized spacial score (nSPS) is 16.8. The molecule has 2 saturated heterocycles. The average molecular weight is 509 g/mol. The van der Waals surface area contributed by atoms with Crippen LogP contribution in [0, 0.1) is 0 Å². The van der Waals surface area contributed by atoms with Gasteiger partial charge in [0, 0.05) is 63.3 Å². The van der Waals surface area contributed by atoms with E-state index in [0.717, 1.165) is 89.5 Å². The van der Waals surface area contributed by atoms with E-state index in [1.807, 2.05) is 6.07 Å². The van der Waals surface area contributed by atoms with Crippen molar-refractivity contribution in [2.24, 2.45) is 0 Å². The van der Waals surface area contributed by atoms with E-state index in [4.69, 9.17) is 19.2 Å². The third-order valence-electron chi connectivity index (χ3n) is 6.79. The van der Waals surface area contributed by atoms with Crippen molar-refractivity contribution in [2.75, 3.05) is 76.1 Å². The minimum absolute atomic E-state index is 0.777. The molecule has 0 aliphatic carbocycles. The third-order valence-corrected chi connectivity index (χ3v) is 7.74. The first-order chi connectivity index (χ1) is 17.8. The Morgan fingerprint density at radius 3 is 2.39 bits per heavy atom. The van der Waals surface area contributed by atoms with Crippen LogP contribution in [0.5, 0.6) is 5.75 Å². The fourth-order valence-corrected chi connectivity index (χ4v) is 5.55. The van der Waals surface area contributed by atoms with Crippen LogP contribution in [-0.4, -0.2) is 76.1 Å². The Labute approximate surface area is 218 Å². The van der Waals surface area contributed by atoms with E-state index in [2.05, 4.69) is 62.5 Å². The molecule has 0 spiro atoms. The van der Waals surface area contributed by atoms with Gasteiger partial charge in [0.2, 0.25) is 0 Å². The molecule has 0 bridgehead atoms. The Hall–Kier alpha value is -2.65. The number of methoxy groups -OCH3 is 1. The molecule has 36 heavy (non-hydrogen) atoms. The largest absolute Gasteiger partial charge is 0.497 e. The van der Waals surface area contributed by atoms with Crippen molar-refractivity contribution in [3.63, 3.8) is 0 Å². The standard InChI is InChI=1S/C28H36N4O3S/c1-33-27-4-2-3-24(19-27)21-32(20-23-5-7-26(8-6-23)31-13-17-35-18-14-31)28-29-25(22-36-28)9-10-30-11-15-34-16-12-30/h2-8,19,22H,9-18,20-21H2,1H3. The first kappa shape index (κ1) is 25.0. The van der Waals surface area contributed by atoms with Crippen LogP contribution in [0.2, 0.25) is 0 Å². The topological polar surface area (TPSA) is 50.3 Å². The number of ether oxygens (including phenoxy) is 3. The summed E-state index contributed by atoms with van der Waals surface area (Å²) in [6.45, 7) is 9.81. The molecule has 0 saturated carbocycles. The van der Waals surface area contributed by atoms with Gasteiger partial charge in [0.15, 0.2) is 5.13 Å². The van der Waals surface area contributed by atoms with Crippen LogP contribution in [-0.2, 0) is 29.0 Å². The minimum Gasteiger partial charge on any atom is -0.497 e. The summed E-state index contributed by atoms with van der Waals surface area (Å²) in [7, 11) is 1.72. The van der Waals surface area contributed by atoms with Gasteiger partial charge in [-0.1, -0.05) is 24.3 Å². The summed E-state index contributed by atoms with van der Waals surface area (Å²) in [5.41, 5.74) is 4.92. The Balaban J connectivity index is 1.29. The van der Waals surface area contributed by atoms with Gasteiger partial charge in [0.05, 0.1) is 39.2 Å². The second kappa shape index (κ2) is 12.5. The molecule has 2 aliphatic rings. The molecule has 5 rings (SSSR count). The molecular weight excluding hydrogens is 472 g/mol. The zero-order valence-electron chi connectivity index (χ0n) is 21.1. The maximum absolute atomic E-state index is 5.50. The van der Waals surface area contributed by atoms with Gasteiger partial charge in [-0.15, -0.1) is 11.3 Å². The quantitative estimate of drug-likeness (QED) is 0.409. The van der Waals surface area contributed by atoms with Crippen molar-refractivity contribution in [3.05, 3.63) is 70.7 Å². The molecule has 1 aromatic heterocycles. The fourth-order valence-electron chi connectivity index (χ4n) is 4.69. The van der Waals surface area contributed by atoms with E-state index in [1.165, 1.54) is 22.5 Å². The van der Waals surface area contributed by atoms with Crippen LogP contribution in [0.1, 0.15) is 16.8 Å². The molecule has 3 aromatic rings. The smallest absolute Gasteiger partial charge is 0.186 e. The maximum Gasteiger partial charge on any atom is 0.186 e. The van der Waals surface area contributed by atoms with Crippen LogP contribution < -0.4 is 14.5 Å². The van der Waals surface area contributed by atoms with Gasteiger partial charge in [-0.05, 0) is 35.4 Å². The van der Waals surface area contributed by atoms with Crippen LogP contribution in [0.15, 0.2) is 53.9 Å². The molecule has 2 aliphatic heterocycles. The van der Waals surface area contributed by atoms with Crippen molar-refractivity contribution in [3.8, 4) is 5.75 Å². The Kier molecular flexibility index (Phi) is 8.72. The predicted octanol–water partition coefficient (Wildman–Crippen LogP) is 4.07. The summed E-state index contributed by atoms with van der Waals surface area (Å²) in [5.74, 6) is 0.882. The third kappa shape index (κ3) is 6.76. The lowest BCUT2D eigenvalue weighted by Gasteiger charge is -2.29. The second-order valence-electron chi connectivity index (χ2n) is 9.30. The van der Waals surface area contributed by atoms with Gasteiger partial charge < -0.3 is 24.0 Å². The number of thiazole rings is 1. The first-order valence-electron chi connectivity index (χ1n) is 12.8. The number of benzene rings is 2. The van der Waals surface area contributed by atoms with E-state index in [0.29, 0.717) is 0 Å². The average Bonchev–Trinajstić information content (AvgIpc) is 3.42. The molecule has 0 N–H and O–H groups in total. The summed E-state index contributed by atoms with van der Waals surface area (Å²) in [6, 6.07) is 17.3.